The zero-order valence-corrected chi connectivity index (χ0v) is 11.5. The van der Waals surface area contributed by atoms with E-state index in [1.54, 1.807) is 6.08 Å². The van der Waals surface area contributed by atoms with Gasteiger partial charge in [0.25, 0.3) is 0 Å². The molecule has 0 aromatic rings. The third-order valence-electron chi connectivity index (χ3n) is 3.49. The minimum atomic E-state index is -1.19. The van der Waals surface area contributed by atoms with E-state index in [0.29, 0.717) is 6.54 Å². The highest BCUT2D eigenvalue weighted by Crippen LogP contribution is 2.24. The Morgan fingerprint density at radius 2 is 1.80 bits per heavy atom. The van der Waals surface area contributed by atoms with E-state index in [1.165, 1.54) is 24.6 Å². The van der Waals surface area contributed by atoms with Crippen molar-refractivity contribution in [3.8, 4) is 0 Å². The van der Waals surface area contributed by atoms with Crippen LogP contribution in [0.3, 0.4) is 0 Å². The van der Waals surface area contributed by atoms with Gasteiger partial charge in [0, 0.05) is 0 Å². The highest BCUT2D eigenvalue weighted by atomic mass is 28.3. The van der Waals surface area contributed by atoms with Crippen molar-refractivity contribution in [3.05, 3.63) is 0 Å². The summed E-state index contributed by atoms with van der Waals surface area (Å²) in [5.74, 6) is 0. The molecule has 4 heteroatoms. The molecule has 0 atom stereocenters. The summed E-state index contributed by atoms with van der Waals surface area (Å²) >= 11 is 0. The summed E-state index contributed by atoms with van der Waals surface area (Å²) in [7, 11) is 3.23. The van der Waals surface area contributed by atoms with Crippen LogP contribution in [0, 0.1) is 0 Å². The maximum absolute atomic E-state index is 9.89. The Kier molecular flexibility index (Phi) is 7.57. The first-order valence-electron chi connectivity index (χ1n) is 5.84. The van der Waals surface area contributed by atoms with E-state index in [1.807, 2.05) is 0 Å². The molecule has 88 valence electrons. The average molecular weight is 228 g/mol. The molecule has 0 aromatic carbocycles. The third kappa shape index (κ3) is 4.73. The van der Waals surface area contributed by atoms with Gasteiger partial charge in [-0.3, -0.25) is 0 Å². The second kappa shape index (κ2) is 7.80. The maximum atomic E-state index is 9.89. The summed E-state index contributed by atoms with van der Waals surface area (Å²) in [6.45, 7) is 5.26. The molecule has 0 amide bonds. The highest BCUT2D eigenvalue weighted by Gasteiger charge is 2.30. The van der Waals surface area contributed by atoms with Crippen LogP contribution in [0.5, 0.6) is 0 Å². The predicted octanol–water partition coefficient (Wildman–Crippen LogP) is 2.65. The summed E-state index contributed by atoms with van der Waals surface area (Å²) in [6, 6.07) is 3.95. The Bertz CT molecular complexity index is 209. The minimum absolute atomic E-state index is 0.648. The fourth-order valence-corrected chi connectivity index (χ4v) is 5.98. The molecule has 0 rings (SSSR count). The maximum Gasteiger partial charge on any atom is 0.234 e. The van der Waals surface area contributed by atoms with Gasteiger partial charge in [0.2, 0.25) is 6.08 Å². The SMILES string of the molecule is CC[Si](CC)(CCCCN=C=O)N(C)C. The molecule has 0 aromatic heterocycles. The molecule has 0 N–H and O–H groups in total. The molecule has 0 bridgehead atoms. The van der Waals surface area contributed by atoms with Crippen LogP contribution in [0.2, 0.25) is 18.1 Å². The topological polar surface area (TPSA) is 32.7 Å². The Balaban J connectivity index is 4.01. The van der Waals surface area contributed by atoms with Crippen LogP contribution in [-0.4, -0.2) is 39.5 Å². The Morgan fingerprint density at radius 3 is 2.20 bits per heavy atom. The third-order valence-corrected chi connectivity index (χ3v) is 9.31. The Morgan fingerprint density at radius 1 is 1.20 bits per heavy atom. The number of rotatable bonds is 8. The lowest BCUT2D eigenvalue weighted by Crippen LogP contribution is -2.48. The van der Waals surface area contributed by atoms with Crippen molar-refractivity contribution in [1.29, 1.82) is 0 Å². The molecule has 15 heavy (non-hydrogen) atoms. The van der Waals surface area contributed by atoms with Crippen LogP contribution < -0.4 is 0 Å². The standard InChI is InChI=1S/C11H24N2OSi/c1-5-15(6-2,13(3)4)10-8-7-9-12-11-14/h5-10H2,1-4H3. The number of hydrogen-bond donors (Lipinski definition) is 0. The van der Waals surface area contributed by atoms with Gasteiger partial charge in [-0.15, -0.1) is 0 Å². The molecule has 0 saturated carbocycles. The van der Waals surface area contributed by atoms with Gasteiger partial charge >= 0.3 is 0 Å². The van der Waals surface area contributed by atoms with Crippen molar-refractivity contribution >= 4 is 14.3 Å². The largest absolute Gasteiger partial charge is 0.329 e. The van der Waals surface area contributed by atoms with Gasteiger partial charge < -0.3 is 4.57 Å². The van der Waals surface area contributed by atoms with Crippen molar-refractivity contribution in [3.63, 3.8) is 0 Å². The smallest absolute Gasteiger partial charge is 0.234 e. The van der Waals surface area contributed by atoms with Crippen molar-refractivity contribution in [2.75, 3.05) is 20.6 Å². The molecule has 3 nitrogen and oxygen atoms in total. The molecule has 0 spiro atoms. The summed E-state index contributed by atoms with van der Waals surface area (Å²) in [5.41, 5.74) is 0. The molecular formula is C11H24N2OSi. The van der Waals surface area contributed by atoms with E-state index < -0.39 is 8.24 Å². The van der Waals surface area contributed by atoms with Gasteiger partial charge in [-0.2, -0.15) is 0 Å². The number of aliphatic imine (C=N–C) groups is 1. The van der Waals surface area contributed by atoms with Gasteiger partial charge in [-0.1, -0.05) is 20.3 Å². The second-order valence-electron chi connectivity index (χ2n) is 4.26. The normalized spacial score (nSPS) is 11.5. The van der Waals surface area contributed by atoms with Gasteiger partial charge in [0.05, 0.1) is 6.54 Å². The summed E-state index contributed by atoms with van der Waals surface area (Å²) in [5, 5.41) is 0. The zero-order valence-electron chi connectivity index (χ0n) is 10.5. The van der Waals surface area contributed by atoms with Crippen molar-refractivity contribution in [2.45, 2.75) is 44.8 Å². The first kappa shape index (κ1) is 14.6. The second-order valence-corrected chi connectivity index (χ2v) is 9.51. The van der Waals surface area contributed by atoms with Crippen LogP contribution >= 0.6 is 0 Å². The van der Waals surface area contributed by atoms with E-state index in [0.717, 1.165) is 6.42 Å². The van der Waals surface area contributed by atoms with Crippen LogP contribution in [0.25, 0.3) is 0 Å². The lowest BCUT2D eigenvalue weighted by Gasteiger charge is -2.36. The van der Waals surface area contributed by atoms with E-state index in [9.17, 15) is 4.79 Å². The monoisotopic (exact) mass is 228 g/mol. The van der Waals surface area contributed by atoms with Crippen LogP contribution in [0.15, 0.2) is 4.99 Å². The van der Waals surface area contributed by atoms with E-state index in [2.05, 4.69) is 37.5 Å². The molecule has 0 aliphatic rings. The lowest BCUT2D eigenvalue weighted by molar-refractivity contribution is 0.561. The van der Waals surface area contributed by atoms with Gasteiger partial charge in [-0.05, 0) is 38.6 Å². The van der Waals surface area contributed by atoms with E-state index in [-0.39, 0.29) is 0 Å². The summed E-state index contributed by atoms with van der Waals surface area (Å²) in [6.07, 6.45) is 3.81. The molecule has 0 radical (unpaired) electrons. The zero-order chi connectivity index (χ0) is 11.7. The quantitative estimate of drug-likeness (QED) is 0.277. The summed E-state index contributed by atoms with van der Waals surface area (Å²) in [4.78, 5) is 13.5. The molecule has 0 saturated heterocycles. The minimum Gasteiger partial charge on any atom is -0.329 e. The number of nitrogens with zero attached hydrogens (tertiary/aromatic N) is 2. The molecule has 0 heterocycles. The predicted molar refractivity (Wildman–Crippen MR) is 67.4 cm³/mol. The van der Waals surface area contributed by atoms with E-state index >= 15 is 0 Å². The van der Waals surface area contributed by atoms with Gasteiger partial charge in [0.15, 0.2) is 0 Å². The van der Waals surface area contributed by atoms with Crippen molar-refractivity contribution in [1.82, 2.24) is 4.57 Å². The number of isocyanates is 1. The number of hydrogen-bond acceptors (Lipinski definition) is 3. The highest BCUT2D eigenvalue weighted by molar-refractivity contribution is 6.76. The number of carbonyl (C=O) groups excluding carboxylic acids is 1. The molecule has 0 aliphatic heterocycles. The lowest BCUT2D eigenvalue weighted by atomic mass is 10.3. The molecule has 0 unspecified atom stereocenters. The first-order valence-corrected chi connectivity index (χ1v) is 8.41. The van der Waals surface area contributed by atoms with E-state index in [4.69, 9.17) is 0 Å². The van der Waals surface area contributed by atoms with Crippen LogP contribution in [0.4, 0.5) is 0 Å². The average Bonchev–Trinajstić information content (AvgIpc) is 2.23. The fourth-order valence-electron chi connectivity index (χ4n) is 2.15. The van der Waals surface area contributed by atoms with Crippen LogP contribution in [-0.2, 0) is 4.79 Å². The first-order chi connectivity index (χ1) is 7.13. The molecule has 0 aliphatic carbocycles. The van der Waals surface area contributed by atoms with Gasteiger partial charge in [-0.25, -0.2) is 9.79 Å². The number of unbranched alkanes of at least 4 members (excludes halogenated alkanes) is 1. The molecule has 0 fully saturated rings. The molecular weight excluding hydrogens is 204 g/mol. The van der Waals surface area contributed by atoms with Crippen molar-refractivity contribution in [2.24, 2.45) is 4.99 Å². The van der Waals surface area contributed by atoms with Gasteiger partial charge in [0.1, 0.15) is 8.24 Å². The van der Waals surface area contributed by atoms with Crippen molar-refractivity contribution < 1.29 is 4.79 Å². The Labute approximate surface area is 94.7 Å². The fraction of sp³-hybridized carbons (Fsp3) is 0.909. The summed E-state index contributed by atoms with van der Waals surface area (Å²) < 4.78 is 2.47. The van der Waals surface area contributed by atoms with Crippen LogP contribution in [0.1, 0.15) is 26.7 Å². The Hall–Kier alpha value is -0.443.